The lowest BCUT2D eigenvalue weighted by atomic mass is 9.86. The van der Waals surface area contributed by atoms with Crippen molar-refractivity contribution < 1.29 is 4.74 Å². The molecule has 0 saturated carbocycles. The Labute approximate surface area is 278 Å². The molecule has 1 aromatic heterocycles. The van der Waals surface area contributed by atoms with Crippen molar-refractivity contribution in [3.63, 3.8) is 0 Å². The highest BCUT2D eigenvalue weighted by atomic mass is 16.5. The number of para-hydroxylation sites is 2. The van der Waals surface area contributed by atoms with Gasteiger partial charge in [0, 0.05) is 27.4 Å². The summed E-state index contributed by atoms with van der Waals surface area (Å²) >= 11 is 0. The zero-order valence-electron chi connectivity index (χ0n) is 26.1. The Hall–Kier alpha value is -6.38. The third kappa shape index (κ3) is 4.00. The second kappa shape index (κ2) is 10.6. The Balaban J connectivity index is 1.20. The van der Waals surface area contributed by atoms with Crippen LogP contribution in [0, 0.1) is 0 Å². The van der Waals surface area contributed by atoms with Gasteiger partial charge in [-0.15, -0.1) is 0 Å². The summed E-state index contributed by atoms with van der Waals surface area (Å²) in [7, 11) is 0. The van der Waals surface area contributed by atoms with E-state index in [-0.39, 0.29) is 0 Å². The molecule has 9 aromatic rings. The van der Waals surface area contributed by atoms with Crippen LogP contribution in [0.4, 0.5) is 0 Å². The fourth-order valence-corrected chi connectivity index (χ4v) is 7.73. The molecule has 224 valence electrons. The first-order valence-corrected chi connectivity index (χ1v) is 16.4. The number of hydrogen-bond donors (Lipinski definition) is 0. The molecular weight excluding hydrogens is 583 g/mol. The van der Waals surface area contributed by atoms with E-state index >= 15 is 0 Å². The first kappa shape index (κ1) is 26.8. The van der Waals surface area contributed by atoms with E-state index in [2.05, 4.69) is 180 Å². The molecule has 1 aliphatic heterocycles. The number of aromatic nitrogens is 1. The number of nitrogens with zero attached hydrogens (tertiary/aromatic N) is 1. The van der Waals surface area contributed by atoms with Crippen LogP contribution in [0.25, 0.3) is 82.8 Å². The van der Waals surface area contributed by atoms with Gasteiger partial charge in [-0.3, -0.25) is 0 Å². The van der Waals surface area contributed by atoms with Gasteiger partial charge in [-0.25, -0.2) is 0 Å². The predicted molar refractivity (Wildman–Crippen MR) is 200 cm³/mol. The van der Waals surface area contributed by atoms with Gasteiger partial charge in [0.15, 0.2) is 0 Å². The molecule has 0 spiro atoms. The van der Waals surface area contributed by atoms with E-state index < -0.39 is 0 Å². The average Bonchev–Trinajstić information content (AvgIpc) is 3.50. The Morgan fingerprint density at radius 3 is 1.77 bits per heavy atom. The van der Waals surface area contributed by atoms with Crippen LogP contribution >= 0.6 is 0 Å². The molecule has 0 atom stereocenters. The fraction of sp³-hybridized carbons (Fsp3) is 0. The lowest BCUT2D eigenvalue weighted by Crippen LogP contribution is -1.98. The lowest BCUT2D eigenvalue weighted by Gasteiger charge is -2.24. The van der Waals surface area contributed by atoms with Crippen LogP contribution in [0.1, 0.15) is 0 Å². The number of rotatable bonds is 4. The fourth-order valence-electron chi connectivity index (χ4n) is 7.73. The number of fused-ring (bicyclic) bond motifs is 5. The highest BCUT2D eigenvalue weighted by Crippen LogP contribution is 2.51. The van der Waals surface area contributed by atoms with Crippen molar-refractivity contribution in [1.29, 1.82) is 0 Å². The van der Waals surface area contributed by atoms with Crippen molar-refractivity contribution in [3.8, 4) is 61.7 Å². The van der Waals surface area contributed by atoms with Gasteiger partial charge >= 0.3 is 0 Å². The van der Waals surface area contributed by atoms with Crippen LogP contribution in [-0.4, -0.2) is 4.57 Å². The predicted octanol–water partition coefficient (Wildman–Crippen LogP) is 12.7. The smallest absolute Gasteiger partial charge is 0.135 e. The zero-order chi connectivity index (χ0) is 31.6. The topological polar surface area (TPSA) is 14.2 Å². The maximum Gasteiger partial charge on any atom is 0.135 e. The summed E-state index contributed by atoms with van der Waals surface area (Å²) in [5.74, 6) is 1.79. The average molecular weight is 612 g/mol. The summed E-state index contributed by atoms with van der Waals surface area (Å²) < 4.78 is 8.98. The molecule has 0 N–H and O–H groups in total. The number of ether oxygens (including phenoxy) is 1. The van der Waals surface area contributed by atoms with Crippen molar-refractivity contribution in [2.75, 3.05) is 0 Å². The van der Waals surface area contributed by atoms with Crippen LogP contribution in [0.5, 0.6) is 11.5 Å². The molecule has 0 amide bonds. The van der Waals surface area contributed by atoms with Crippen molar-refractivity contribution in [3.05, 3.63) is 176 Å². The Morgan fingerprint density at radius 1 is 0.333 bits per heavy atom. The maximum atomic E-state index is 6.59. The molecule has 0 bridgehead atoms. The van der Waals surface area contributed by atoms with E-state index in [1.165, 1.54) is 66.1 Å². The van der Waals surface area contributed by atoms with E-state index in [0.717, 1.165) is 28.1 Å². The zero-order valence-corrected chi connectivity index (χ0v) is 26.1. The highest BCUT2D eigenvalue weighted by Gasteiger charge is 2.24. The lowest BCUT2D eigenvalue weighted by molar-refractivity contribution is 0.487. The summed E-state index contributed by atoms with van der Waals surface area (Å²) in [6.07, 6.45) is 0. The summed E-state index contributed by atoms with van der Waals surface area (Å²) in [5, 5.41) is 4.85. The van der Waals surface area contributed by atoms with Crippen molar-refractivity contribution >= 4 is 32.6 Å². The van der Waals surface area contributed by atoms with Crippen LogP contribution in [0.3, 0.4) is 0 Å². The minimum atomic E-state index is 0.893. The molecule has 2 nitrogen and oxygen atoms in total. The molecule has 0 unspecified atom stereocenters. The molecule has 48 heavy (non-hydrogen) atoms. The van der Waals surface area contributed by atoms with Gasteiger partial charge in [-0.1, -0.05) is 133 Å². The minimum Gasteiger partial charge on any atom is -0.456 e. The molecule has 8 aromatic carbocycles. The molecule has 1 aliphatic rings. The van der Waals surface area contributed by atoms with Gasteiger partial charge in [0.25, 0.3) is 0 Å². The van der Waals surface area contributed by atoms with Gasteiger partial charge in [-0.05, 0) is 86.8 Å². The summed E-state index contributed by atoms with van der Waals surface area (Å²) in [5.41, 5.74) is 13.1. The molecule has 10 rings (SSSR count). The molecule has 0 fully saturated rings. The first-order valence-electron chi connectivity index (χ1n) is 16.4. The number of benzene rings is 8. The normalized spacial score (nSPS) is 11.9. The van der Waals surface area contributed by atoms with E-state index in [1.54, 1.807) is 0 Å². The molecule has 2 heteroatoms. The minimum absolute atomic E-state index is 0.893. The summed E-state index contributed by atoms with van der Waals surface area (Å²) in [6, 6.07) is 63.1. The molecule has 0 aliphatic carbocycles. The first-order chi connectivity index (χ1) is 23.8. The Kier molecular flexibility index (Phi) is 5.91. The molecule has 0 radical (unpaired) electrons. The van der Waals surface area contributed by atoms with E-state index in [1.807, 2.05) is 0 Å². The van der Waals surface area contributed by atoms with Crippen LogP contribution in [-0.2, 0) is 0 Å². The van der Waals surface area contributed by atoms with Gasteiger partial charge < -0.3 is 9.30 Å². The second-order valence-electron chi connectivity index (χ2n) is 12.5. The largest absolute Gasteiger partial charge is 0.456 e. The molecule has 2 heterocycles. The molecule has 0 saturated heterocycles. The van der Waals surface area contributed by atoms with E-state index in [9.17, 15) is 0 Å². The Morgan fingerprint density at radius 2 is 0.938 bits per heavy atom. The maximum absolute atomic E-state index is 6.59. The van der Waals surface area contributed by atoms with Crippen LogP contribution in [0.2, 0.25) is 0 Å². The third-order valence-electron chi connectivity index (χ3n) is 9.82. The van der Waals surface area contributed by atoms with Gasteiger partial charge in [-0.2, -0.15) is 0 Å². The number of hydrogen-bond acceptors (Lipinski definition) is 1. The SMILES string of the molecule is c1ccc(-c2ccc3c(c2)-c2cccc4c(-c5ccccc5-c5cccc6c5c5ccccc5n6-c5ccccc5)ccc(c24)O3)cc1. The third-order valence-corrected chi connectivity index (χ3v) is 9.82. The van der Waals surface area contributed by atoms with Crippen LogP contribution < -0.4 is 4.74 Å². The van der Waals surface area contributed by atoms with Gasteiger partial charge in [0.2, 0.25) is 0 Å². The Bertz CT molecular complexity index is 2690. The monoisotopic (exact) mass is 611 g/mol. The van der Waals surface area contributed by atoms with E-state index in [0.29, 0.717) is 0 Å². The van der Waals surface area contributed by atoms with Gasteiger partial charge in [0.1, 0.15) is 11.5 Å². The molecular formula is C46H29NO. The van der Waals surface area contributed by atoms with E-state index in [4.69, 9.17) is 4.74 Å². The standard InChI is InChI=1S/C46H29NO/c1-3-13-30(14-4-1)31-25-27-43-40(29-31)38-21-11-20-37-35(26-28-44(48-43)46(37)38)33-17-7-8-18-34(33)36-22-12-24-42-45(36)39-19-9-10-23-41(39)47(42)32-15-5-2-6-16-32/h1-29H. The van der Waals surface area contributed by atoms with Crippen molar-refractivity contribution in [2.24, 2.45) is 0 Å². The quantitative estimate of drug-likeness (QED) is 0.193. The van der Waals surface area contributed by atoms with Crippen molar-refractivity contribution in [2.45, 2.75) is 0 Å². The second-order valence-corrected chi connectivity index (χ2v) is 12.5. The van der Waals surface area contributed by atoms with Crippen molar-refractivity contribution in [1.82, 2.24) is 4.57 Å². The van der Waals surface area contributed by atoms with Gasteiger partial charge in [0.05, 0.1) is 11.0 Å². The highest BCUT2D eigenvalue weighted by molar-refractivity contribution is 6.18. The summed E-state index contributed by atoms with van der Waals surface area (Å²) in [4.78, 5) is 0. The summed E-state index contributed by atoms with van der Waals surface area (Å²) in [6.45, 7) is 0. The van der Waals surface area contributed by atoms with Crippen LogP contribution in [0.15, 0.2) is 176 Å².